The molecule has 5 heteroatoms. The van der Waals surface area contributed by atoms with Gasteiger partial charge in [-0.15, -0.1) is 0 Å². The fourth-order valence-corrected chi connectivity index (χ4v) is 4.23. The maximum absolute atomic E-state index is 12.8. The zero-order valence-corrected chi connectivity index (χ0v) is 21.2. The Morgan fingerprint density at radius 2 is 1.33 bits per heavy atom. The van der Waals surface area contributed by atoms with Crippen LogP contribution in [0.2, 0.25) is 0 Å². The van der Waals surface area contributed by atoms with Gasteiger partial charge < -0.3 is 19.7 Å². The minimum absolute atomic E-state index is 0.0736. The molecule has 0 heterocycles. The second-order valence-electron chi connectivity index (χ2n) is 9.17. The molecule has 0 spiro atoms. The predicted molar refractivity (Wildman–Crippen MR) is 143 cm³/mol. The summed E-state index contributed by atoms with van der Waals surface area (Å²) in [5.74, 6) is -0.420. The Morgan fingerprint density at radius 3 is 2.00 bits per heavy atom. The lowest BCUT2D eigenvalue weighted by Gasteiger charge is -2.21. The first-order chi connectivity index (χ1) is 17.6. The largest absolute Gasteiger partial charge is 0.508 e. The number of hydrogen-bond acceptors (Lipinski definition) is 5. The fourth-order valence-electron chi connectivity index (χ4n) is 4.23. The van der Waals surface area contributed by atoms with Gasteiger partial charge in [-0.1, -0.05) is 107 Å². The number of esters is 1. The molecule has 3 aromatic carbocycles. The summed E-state index contributed by atoms with van der Waals surface area (Å²) in [6, 6.07) is 21.4. The summed E-state index contributed by atoms with van der Waals surface area (Å²) in [5, 5.41) is 19.5. The maximum Gasteiger partial charge on any atom is 0.341 e. The van der Waals surface area contributed by atoms with Gasteiger partial charge in [0, 0.05) is 18.1 Å². The molecule has 0 radical (unpaired) electrons. The number of ether oxygens (including phenoxy) is 2. The molecular weight excluding hydrogens is 452 g/mol. The highest BCUT2D eigenvalue weighted by molar-refractivity contribution is 5.90. The minimum Gasteiger partial charge on any atom is -0.508 e. The van der Waals surface area contributed by atoms with Crippen LogP contribution in [0.25, 0.3) is 11.1 Å². The maximum atomic E-state index is 12.8. The number of unbranched alkanes of at least 4 members (excludes halogenated alkanes) is 8. The summed E-state index contributed by atoms with van der Waals surface area (Å²) in [5.41, 5.74) is 2.00. The molecule has 3 rings (SSSR count). The van der Waals surface area contributed by atoms with Crippen molar-refractivity contribution in [3.8, 4) is 28.4 Å². The number of carbonyl (C=O) groups excluding carboxylic acids is 1. The summed E-state index contributed by atoms with van der Waals surface area (Å²) in [6.07, 6.45) is 10.5. The van der Waals surface area contributed by atoms with Gasteiger partial charge in [-0.3, -0.25) is 0 Å². The molecule has 0 aliphatic carbocycles. The van der Waals surface area contributed by atoms with Crippen molar-refractivity contribution in [3.05, 3.63) is 78.4 Å². The van der Waals surface area contributed by atoms with Crippen molar-refractivity contribution in [2.75, 3.05) is 0 Å². The van der Waals surface area contributed by atoms with E-state index < -0.39 is 12.3 Å². The van der Waals surface area contributed by atoms with Gasteiger partial charge in [-0.2, -0.15) is 0 Å². The number of benzene rings is 3. The van der Waals surface area contributed by atoms with E-state index in [0.29, 0.717) is 12.2 Å². The third kappa shape index (κ3) is 8.95. The van der Waals surface area contributed by atoms with Crippen LogP contribution in [0.15, 0.2) is 72.8 Å². The molecule has 0 saturated heterocycles. The fraction of sp³-hybridized carbons (Fsp3) is 0.387. The van der Waals surface area contributed by atoms with Crippen LogP contribution in [0.5, 0.6) is 17.2 Å². The summed E-state index contributed by atoms with van der Waals surface area (Å²) < 4.78 is 12.0. The predicted octanol–water partition coefficient (Wildman–Crippen LogP) is 8.25. The highest BCUT2D eigenvalue weighted by Crippen LogP contribution is 2.31. The molecule has 2 N–H and O–H groups in total. The third-order valence-corrected chi connectivity index (χ3v) is 6.15. The smallest absolute Gasteiger partial charge is 0.341 e. The van der Waals surface area contributed by atoms with Crippen LogP contribution in [0.4, 0.5) is 0 Å². The lowest BCUT2D eigenvalue weighted by molar-refractivity contribution is -0.0531. The zero-order valence-electron chi connectivity index (χ0n) is 21.2. The van der Waals surface area contributed by atoms with Crippen molar-refractivity contribution in [1.82, 2.24) is 0 Å². The number of hydrogen-bond donors (Lipinski definition) is 2. The number of phenolic OH excluding ortho intramolecular Hbond substituents is 2. The van der Waals surface area contributed by atoms with E-state index in [-0.39, 0.29) is 17.1 Å². The average molecular weight is 491 g/mol. The van der Waals surface area contributed by atoms with E-state index in [4.69, 9.17) is 9.47 Å². The van der Waals surface area contributed by atoms with E-state index in [1.54, 1.807) is 0 Å². The molecule has 0 aliphatic rings. The second-order valence-corrected chi connectivity index (χ2v) is 9.17. The molecule has 0 bridgehead atoms. The van der Waals surface area contributed by atoms with Crippen molar-refractivity contribution in [2.24, 2.45) is 0 Å². The van der Waals surface area contributed by atoms with Crippen LogP contribution in [-0.4, -0.2) is 22.5 Å². The van der Waals surface area contributed by atoms with Gasteiger partial charge in [-0.25, -0.2) is 4.79 Å². The molecule has 0 amide bonds. The standard InChI is InChI=1S/C31H38O5/c1-2-3-4-5-6-7-8-9-13-20-30(36-31(34)25-21-26(32)23-27(33)22-25)35-29-19-15-14-18-28(29)24-16-11-10-12-17-24/h10-12,14-19,21-23,30,32-33H,2-9,13,20H2,1H3. The van der Waals surface area contributed by atoms with Crippen LogP contribution in [0.3, 0.4) is 0 Å². The molecule has 1 atom stereocenters. The summed E-state index contributed by atoms with van der Waals surface area (Å²) in [6.45, 7) is 2.23. The van der Waals surface area contributed by atoms with Gasteiger partial charge in [0.05, 0.1) is 5.56 Å². The van der Waals surface area contributed by atoms with Crippen LogP contribution >= 0.6 is 0 Å². The first-order valence-corrected chi connectivity index (χ1v) is 13.1. The lowest BCUT2D eigenvalue weighted by atomic mass is 10.0. The summed E-state index contributed by atoms with van der Waals surface area (Å²) in [4.78, 5) is 12.8. The van der Waals surface area contributed by atoms with Gasteiger partial charge in [0.1, 0.15) is 17.2 Å². The Kier molecular flexibility index (Phi) is 11.2. The van der Waals surface area contributed by atoms with Crippen molar-refractivity contribution >= 4 is 5.97 Å². The van der Waals surface area contributed by atoms with Crippen LogP contribution in [0.1, 0.15) is 81.5 Å². The SMILES string of the molecule is CCCCCCCCCCCC(OC(=O)c1cc(O)cc(O)c1)Oc1ccccc1-c1ccccc1. The van der Waals surface area contributed by atoms with Gasteiger partial charge in [-0.05, 0) is 30.2 Å². The quantitative estimate of drug-likeness (QED) is 0.127. The highest BCUT2D eigenvalue weighted by atomic mass is 16.7. The number of carbonyl (C=O) groups is 1. The van der Waals surface area contributed by atoms with Crippen LogP contribution in [0, 0.1) is 0 Å². The van der Waals surface area contributed by atoms with E-state index in [9.17, 15) is 15.0 Å². The molecule has 3 aromatic rings. The number of phenols is 2. The van der Waals surface area contributed by atoms with E-state index in [2.05, 4.69) is 6.92 Å². The molecule has 192 valence electrons. The minimum atomic E-state index is -0.795. The van der Waals surface area contributed by atoms with Crippen LogP contribution in [-0.2, 0) is 4.74 Å². The molecule has 36 heavy (non-hydrogen) atoms. The Bertz CT molecular complexity index is 1040. The van der Waals surface area contributed by atoms with E-state index in [0.717, 1.165) is 30.4 Å². The Hall–Kier alpha value is -3.47. The van der Waals surface area contributed by atoms with Gasteiger partial charge >= 0.3 is 5.97 Å². The van der Waals surface area contributed by atoms with E-state index >= 15 is 0 Å². The number of para-hydroxylation sites is 1. The lowest BCUT2D eigenvalue weighted by Crippen LogP contribution is -2.24. The molecule has 5 nitrogen and oxygen atoms in total. The Morgan fingerprint density at radius 1 is 0.750 bits per heavy atom. The first kappa shape index (κ1) is 27.1. The van der Waals surface area contributed by atoms with Crippen molar-refractivity contribution < 1.29 is 24.5 Å². The molecule has 1 unspecified atom stereocenters. The van der Waals surface area contributed by atoms with Gasteiger partial charge in [0.2, 0.25) is 6.29 Å². The van der Waals surface area contributed by atoms with Gasteiger partial charge in [0.25, 0.3) is 0 Å². The third-order valence-electron chi connectivity index (χ3n) is 6.15. The molecule has 0 aliphatic heterocycles. The Balaban J connectivity index is 1.65. The van der Waals surface area contributed by atoms with Crippen LogP contribution < -0.4 is 4.74 Å². The van der Waals surface area contributed by atoms with Crippen molar-refractivity contribution in [2.45, 2.75) is 77.4 Å². The molecular formula is C31H38O5. The average Bonchev–Trinajstić information content (AvgIpc) is 2.88. The highest BCUT2D eigenvalue weighted by Gasteiger charge is 2.20. The van der Waals surface area contributed by atoms with Crippen molar-refractivity contribution in [3.63, 3.8) is 0 Å². The topological polar surface area (TPSA) is 76.0 Å². The van der Waals surface area contributed by atoms with Crippen molar-refractivity contribution in [1.29, 1.82) is 0 Å². The summed E-state index contributed by atoms with van der Waals surface area (Å²) >= 11 is 0. The molecule has 0 aromatic heterocycles. The first-order valence-electron chi connectivity index (χ1n) is 13.1. The summed E-state index contributed by atoms with van der Waals surface area (Å²) in [7, 11) is 0. The second kappa shape index (κ2) is 14.8. The van der Waals surface area contributed by atoms with Gasteiger partial charge in [0.15, 0.2) is 0 Å². The number of aromatic hydroxyl groups is 2. The molecule has 0 fully saturated rings. The number of rotatable bonds is 15. The van der Waals surface area contributed by atoms with E-state index in [1.165, 1.54) is 56.7 Å². The monoisotopic (exact) mass is 490 g/mol. The molecule has 0 saturated carbocycles. The zero-order chi connectivity index (χ0) is 25.6. The normalized spacial score (nSPS) is 11.7. The van der Waals surface area contributed by atoms with E-state index in [1.807, 2.05) is 54.6 Å². The Labute approximate surface area is 214 Å².